The predicted octanol–water partition coefficient (Wildman–Crippen LogP) is 2.91. The number of hydrogen-bond acceptors (Lipinski definition) is 2. The molecule has 2 atom stereocenters. The maximum Gasteiger partial charge on any atom is 0.573 e. The lowest BCUT2D eigenvalue weighted by Crippen LogP contribution is -2.18. The zero-order valence-electron chi connectivity index (χ0n) is 9.42. The van der Waals surface area contributed by atoms with Gasteiger partial charge < -0.3 is 10.1 Å². The Bertz CT molecular complexity index is 392. The number of rotatable bonds is 4. The molecule has 0 heterocycles. The van der Waals surface area contributed by atoms with E-state index < -0.39 is 6.36 Å². The molecule has 17 heavy (non-hydrogen) atoms. The molecule has 0 bridgehead atoms. The minimum atomic E-state index is -4.62. The van der Waals surface area contributed by atoms with Crippen molar-refractivity contribution in [2.45, 2.75) is 18.7 Å². The molecule has 1 aliphatic carbocycles. The quantitative estimate of drug-likeness (QED) is 0.880. The monoisotopic (exact) mass is 245 g/mol. The Balaban J connectivity index is 2.12. The summed E-state index contributed by atoms with van der Waals surface area (Å²) in [4.78, 5) is 0. The first-order valence-electron chi connectivity index (χ1n) is 5.50. The van der Waals surface area contributed by atoms with Crippen molar-refractivity contribution in [3.05, 3.63) is 29.8 Å². The van der Waals surface area contributed by atoms with Crippen molar-refractivity contribution in [1.29, 1.82) is 0 Å². The van der Waals surface area contributed by atoms with Crippen molar-refractivity contribution in [2.24, 2.45) is 5.92 Å². The normalized spacial score (nSPS) is 23.5. The SMILES string of the molecule is CNC[C@@H]1C[C@@H]1c1ccccc1OC(F)(F)F. The van der Waals surface area contributed by atoms with Gasteiger partial charge in [0, 0.05) is 0 Å². The third-order valence-corrected chi connectivity index (χ3v) is 2.93. The fourth-order valence-corrected chi connectivity index (χ4v) is 2.12. The van der Waals surface area contributed by atoms with E-state index in [0.29, 0.717) is 11.5 Å². The Kier molecular flexibility index (Phi) is 3.28. The van der Waals surface area contributed by atoms with E-state index in [1.165, 1.54) is 6.07 Å². The van der Waals surface area contributed by atoms with E-state index in [9.17, 15) is 13.2 Å². The van der Waals surface area contributed by atoms with E-state index in [1.807, 2.05) is 7.05 Å². The van der Waals surface area contributed by atoms with Gasteiger partial charge in [0.1, 0.15) is 5.75 Å². The summed E-state index contributed by atoms with van der Waals surface area (Å²) in [5.74, 6) is 0.530. The molecule has 2 nitrogen and oxygen atoms in total. The minimum Gasteiger partial charge on any atom is -0.405 e. The lowest BCUT2D eigenvalue weighted by Gasteiger charge is -2.13. The van der Waals surface area contributed by atoms with Gasteiger partial charge in [-0.3, -0.25) is 0 Å². The van der Waals surface area contributed by atoms with Gasteiger partial charge in [0.25, 0.3) is 0 Å². The molecule has 0 spiro atoms. The van der Waals surface area contributed by atoms with Crippen LogP contribution in [0.2, 0.25) is 0 Å². The first kappa shape index (κ1) is 12.2. The number of halogens is 3. The van der Waals surface area contributed by atoms with Gasteiger partial charge in [0.15, 0.2) is 0 Å². The average molecular weight is 245 g/mol. The van der Waals surface area contributed by atoms with Gasteiger partial charge in [-0.1, -0.05) is 18.2 Å². The fraction of sp³-hybridized carbons (Fsp3) is 0.500. The second-order valence-electron chi connectivity index (χ2n) is 4.25. The summed E-state index contributed by atoms with van der Waals surface area (Å²) in [6, 6.07) is 6.38. The van der Waals surface area contributed by atoms with Crippen LogP contribution in [0.4, 0.5) is 13.2 Å². The molecule has 1 saturated carbocycles. The van der Waals surface area contributed by atoms with E-state index in [4.69, 9.17) is 0 Å². The molecule has 0 aromatic heterocycles. The highest BCUT2D eigenvalue weighted by atomic mass is 19.4. The topological polar surface area (TPSA) is 21.3 Å². The van der Waals surface area contributed by atoms with Crippen LogP contribution in [0, 0.1) is 5.92 Å². The molecular formula is C12H14F3NO. The summed E-state index contributed by atoms with van der Waals surface area (Å²) in [5, 5.41) is 3.03. The molecule has 94 valence electrons. The van der Waals surface area contributed by atoms with Crippen molar-refractivity contribution < 1.29 is 17.9 Å². The molecule has 1 N–H and O–H groups in total. The molecule has 2 rings (SSSR count). The molecule has 0 amide bonds. The maximum absolute atomic E-state index is 12.2. The Morgan fingerprint density at radius 1 is 1.35 bits per heavy atom. The number of benzene rings is 1. The van der Waals surface area contributed by atoms with E-state index in [2.05, 4.69) is 10.1 Å². The zero-order valence-corrected chi connectivity index (χ0v) is 9.42. The summed E-state index contributed by atoms with van der Waals surface area (Å²) < 4.78 is 40.7. The van der Waals surface area contributed by atoms with Crippen LogP contribution in [0.5, 0.6) is 5.75 Å². The minimum absolute atomic E-state index is 0.0661. The van der Waals surface area contributed by atoms with Crippen LogP contribution in [0.3, 0.4) is 0 Å². The van der Waals surface area contributed by atoms with E-state index in [1.54, 1.807) is 18.2 Å². The van der Waals surface area contributed by atoms with Crippen LogP contribution >= 0.6 is 0 Å². The second kappa shape index (κ2) is 4.56. The largest absolute Gasteiger partial charge is 0.573 e. The van der Waals surface area contributed by atoms with Crippen LogP contribution in [-0.4, -0.2) is 20.0 Å². The van der Waals surface area contributed by atoms with Gasteiger partial charge >= 0.3 is 6.36 Å². The Morgan fingerprint density at radius 2 is 2.06 bits per heavy atom. The lowest BCUT2D eigenvalue weighted by molar-refractivity contribution is -0.274. The first-order chi connectivity index (χ1) is 8.01. The second-order valence-corrected chi connectivity index (χ2v) is 4.25. The van der Waals surface area contributed by atoms with E-state index >= 15 is 0 Å². The molecule has 5 heteroatoms. The van der Waals surface area contributed by atoms with Crippen molar-refractivity contribution in [1.82, 2.24) is 5.32 Å². The Labute approximate surface area is 97.8 Å². The average Bonchev–Trinajstić information content (AvgIpc) is 2.96. The van der Waals surface area contributed by atoms with Crippen molar-refractivity contribution in [2.75, 3.05) is 13.6 Å². The standard InChI is InChI=1S/C12H14F3NO/c1-16-7-8-6-10(8)9-4-2-3-5-11(9)17-12(13,14)15/h2-5,8,10,16H,6-7H2,1H3/t8-,10-/m0/s1. The van der Waals surface area contributed by atoms with Gasteiger partial charge in [-0.05, 0) is 43.5 Å². The summed E-state index contributed by atoms with van der Waals surface area (Å²) in [6.45, 7) is 0.824. The summed E-state index contributed by atoms with van der Waals surface area (Å²) in [7, 11) is 1.84. The van der Waals surface area contributed by atoms with Gasteiger partial charge in [-0.25, -0.2) is 0 Å². The Hall–Kier alpha value is -1.23. The number of para-hydroxylation sites is 1. The number of ether oxygens (including phenoxy) is 1. The molecule has 0 saturated heterocycles. The van der Waals surface area contributed by atoms with Crippen LogP contribution in [0.1, 0.15) is 17.9 Å². The predicted molar refractivity (Wildman–Crippen MR) is 57.9 cm³/mol. The number of hydrogen-bond donors (Lipinski definition) is 1. The highest BCUT2D eigenvalue weighted by molar-refractivity contribution is 5.39. The maximum atomic E-state index is 12.2. The molecule has 0 aliphatic heterocycles. The highest BCUT2D eigenvalue weighted by Crippen LogP contribution is 2.50. The molecular weight excluding hydrogens is 231 g/mol. The van der Waals surface area contributed by atoms with Crippen molar-refractivity contribution >= 4 is 0 Å². The lowest BCUT2D eigenvalue weighted by atomic mass is 10.1. The van der Waals surface area contributed by atoms with Crippen LogP contribution in [-0.2, 0) is 0 Å². The molecule has 0 unspecified atom stereocenters. The van der Waals surface area contributed by atoms with Gasteiger partial charge in [0.2, 0.25) is 0 Å². The molecule has 0 radical (unpaired) electrons. The Morgan fingerprint density at radius 3 is 2.71 bits per heavy atom. The molecule has 1 aliphatic rings. The van der Waals surface area contributed by atoms with E-state index in [0.717, 1.165) is 13.0 Å². The highest BCUT2D eigenvalue weighted by Gasteiger charge is 2.41. The van der Waals surface area contributed by atoms with Gasteiger partial charge in [-0.2, -0.15) is 0 Å². The smallest absolute Gasteiger partial charge is 0.405 e. The van der Waals surface area contributed by atoms with Crippen LogP contribution in [0.25, 0.3) is 0 Å². The third kappa shape index (κ3) is 3.12. The number of alkyl halides is 3. The summed E-state index contributed by atoms with van der Waals surface area (Å²) >= 11 is 0. The van der Waals surface area contributed by atoms with Gasteiger partial charge in [0.05, 0.1) is 0 Å². The molecule has 1 fully saturated rings. The number of nitrogens with one attached hydrogen (secondary N) is 1. The summed E-state index contributed by atoms with van der Waals surface area (Å²) in [5.41, 5.74) is 0.657. The van der Waals surface area contributed by atoms with Crippen molar-refractivity contribution in [3.63, 3.8) is 0 Å². The van der Waals surface area contributed by atoms with Gasteiger partial charge in [-0.15, -0.1) is 13.2 Å². The fourth-order valence-electron chi connectivity index (χ4n) is 2.12. The summed E-state index contributed by atoms with van der Waals surface area (Å²) in [6.07, 6.45) is -3.71. The third-order valence-electron chi connectivity index (χ3n) is 2.93. The van der Waals surface area contributed by atoms with Crippen molar-refractivity contribution in [3.8, 4) is 5.75 Å². The van der Waals surface area contributed by atoms with E-state index in [-0.39, 0.29) is 11.7 Å². The zero-order chi connectivity index (χ0) is 12.5. The first-order valence-corrected chi connectivity index (χ1v) is 5.50. The molecule has 1 aromatic carbocycles. The van der Waals surface area contributed by atoms with Crippen LogP contribution < -0.4 is 10.1 Å². The van der Waals surface area contributed by atoms with Crippen LogP contribution in [0.15, 0.2) is 24.3 Å². The molecule has 1 aromatic rings.